The summed E-state index contributed by atoms with van der Waals surface area (Å²) in [5.41, 5.74) is 6.58. The van der Waals surface area contributed by atoms with Gasteiger partial charge in [0, 0.05) is 5.38 Å². The van der Waals surface area contributed by atoms with Crippen LogP contribution in [0.4, 0.5) is 5.82 Å². The molecular formula is C8H8N2OS. The number of thiazole rings is 1. The second kappa shape index (κ2) is 2.64. The number of nitrogen functional groups attached to an aromatic ring is 1. The van der Waals surface area contributed by atoms with Crippen molar-refractivity contribution in [2.24, 2.45) is 0 Å². The Hall–Kier alpha value is -1.29. The van der Waals surface area contributed by atoms with E-state index in [0.717, 1.165) is 16.3 Å². The molecule has 4 heteroatoms. The van der Waals surface area contributed by atoms with Gasteiger partial charge in [-0.15, -0.1) is 11.3 Å². The zero-order chi connectivity index (χ0) is 8.55. The number of nitrogens with two attached hydrogens (primary N) is 1. The van der Waals surface area contributed by atoms with E-state index in [2.05, 4.69) is 4.98 Å². The van der Waals surface area contributed by atoms with Crippen LogP contribution in [0, 0.1) is 6.92 Å². The van der Waals surface area contributed by atoms with Crippen molar-refractivity contribution >= 4 is 17.2 Å². The molecule has 0 bridgehead atoms. The molecule has 0 aliphatic carbocycles. The summed E-state index contributed by atoms with van der Waals surface area (Å²) < 4.78 is 5.26. The van der Waals surface area contributed by atoms with Gasteiger partial charge in [-0.25, -0.2) is 4.98 Å². The highest BCUT2D eigenvalue weighted by Gasteiger charge is 2.08. The van der Waals surface area contributed by atoms with E-state index in [1.807, 2.05) is 13.0 Å². The highest BCUT2D eigenvalue weighted by molar-refractivity contribution is 7.13. The van der Waals surface area contributed by atoms with Crippen LogP contribution in [0.1, 0.15) is 5.56 Å². The lowest BCUT2D eigenvalue weighted by molar-refractivity contribution is 0.580. The third kappa shape index (κ3) is 1.10. The summed E-state index contributed by atoms with van der Waals surface area (Å²) in [7, 11) is 0. The highest BCUT2D eigenvalue weighted by atomic mass is 32.1. The van der Waals surface area contributed by atoms with Crippen LogP contribution in [0.3, 0.4) is 0 Å². The van der Waals surface area contributed by atoms with E-state index in [0.29, 0.717) is 5.82 Å². The molecule has 2 rings (SSSR count). The van der Waals surface area contributed by atoms with E-state index in [9.17, 15) is 0 Å². The Morgan fingerprint density at radius 3 is 2.92 bits per heavy atom. The first kappa shape index (κ1) is 7.36. The molecule has 0 saturated heterocycles. The van der Waals surface area contributed by atoms with Crippen LogP contribution in [0.25, 0.3) is 10.8 Å². The van der Waals surface area contributed by atoms with E-state index in [1.165, 1.54) is 11.3 Å². The molecule has 0 spiro atoms. The molecule has 0 amide bonds. The highest BCUT2D eigenvalue weighted by Crippen LogP contribution is 2.27. The largest absolute Gasteiger partial charge is 0.462 e. The lowest BCUT2D eigenvalue weighted by Gasteiger charge is -1.89. The number of hydrogen-bond donors (Lipinski definition) is 1. The lowest BCUT2D eigenvalue weighted by Crippen LogP contribution is -1.83. The summed E-state index contributed by atoms with van der Waals surface area (Å²) in [5.74, 6) is 1.36. The average Bonchev–Trinajstić information content (AvgIpc) is 2.58. The monoisotopic (exact) mass is 180 g/mol. The van der Waals surface area contributed by atoms with Gasteiger partial charge in [-0.05, 0) is 18.6 Å². The van der Waals surface area contributed by atoms with E-state index in [1.54, 1.807) is 11.6 Å². The number of rotatable bonds is 1. The molecule has 0 saturated carbocycles. The van der Waals surface area contributed by atoms with Crippen LogP contribution in [-0.2, 0) is 0 Å². The van der Waals surface area contributed by atoms with E-state index in [-0.39, 0.29) is 0 Å². The molecule has 62 valence electrons. The zero-order valence-electron chi connectivity index (χ0n) is 6.57. The first-order valence-corrected chi connectivity index (χ1v) is 4.41. The van der Waals surface area contributed by atoms with Gasteiger partial charge in [-0.1, -0.05) is 0 Å². The van der Waals surface area contributed by atoms with Gasteiger partial charge in [-0.2, -0.15) is 0 Å². The summed E-state index contributed by atoms with van der Waals surface area (Å²) in [4.78, 5) is 4.12. The lowest BCUT2D eigenvalue weighted by atomic mass is 10.3. The van der Waals surface area contributed by atoms with Crippen molar-refractivity contribution in [3.05, 3.63) is 23.3 Å². The Labute approximate surface area is 73.8 Å². The van der Waals surface area contributed by atoms with Crippen molar-refractivity contribution in [3.63, 3.8) is 0 Å². The fourth-order valence-electron chi connectivity index (χ4n) is 0.982. The number of aromatic nitrogens is 1. The Morgan fingerprint density at radius 1 is 1.58 bits per heavy atom. The molecule has 0 radical (unpaired) electrons. The molecule has 2 aromatic rings. The van der Waals surface area contributed by atoms with Crippen LogP contribution in [0.2, 0.25) is 0 Å². The molecule has 0 atom stereocenters. The van der Waals surface area contributed by atoms with Gasteiger partial charge in [0.15, 0.2) is 10.8 Å². The van der Waals surface area contributed by atoms with Gasteiger partial charge in [0.25, 0.3) is 0 Å². The maximum atomic E-state index is 5.49. The molecule has 2 heterocycles. The Morgan fingerprint density at radius 2 is 2.42 bits per heavy atom. The van der Waals surface area contributed by atoms with Crippen LogP contribution >= 0.6 is 11.3 Å². The van der Waals surface area contributed by atoms with Gasteiger partial charge < -0.3 is 10.2 Å². The summed E-state index contributed by atoms with van der Waals surface area (Å²) >= 11 is 1.49. The molecule has 3 nitrogen and oxygen atoms in total. The number of aryl methyl sites for hydroxylation is 1. The minimum Gasteiger partial charge on any atom is -0.462 e. The van der Waals surface area contributed by atoms with Gasteiger partial charge >= 0.3 is 0 Å². The average molecular weight is 180 g/mol. The number of nitrogens with zero attached hydrogens (tertiary/aromatic N) is 1. The van der Waals surface area contributed by atoms with Crippen molar-refractivity contribution in [3.8, 4) is 10.8 Å². The molecule has 0 aliphatic heterocycles. The van der Waals surface area contributed by atoms with Gasteiger partial charge in [0.2, 0.25) is 0 Å². The Kier molecular flexibility index (Phi) is 1.62. The van der Waals surface area contributed by atoms with Crippen molar-refractivity contribution in [2.45, 2.75) is 6.92 Å². The van der Waals surface area contributed by atoms with Crippen LogP contribution in [-0.4, -0.2) is 4.98 Å². The number of anilines is 1. The molecule has 0 aromatic carbocycles. The Bertz CT molecular complexity index is 391. The fourth-order valence-corrected chi connectivity index (χ4v) is 1.74. The zero-order valence-corrected chi connectivity index (χ0v) is 7.39. The van der Waals surface area contributed by atoms with Crippen LogP contribution in [0.15, 0.2) is 22.1 Å². The molecule has 12 heavy (non-hydrogen) atoms. The molecule has 0 aliphatic rings. The summed E-state index contributed by atoms with van der Waals surface area (Å²) in [5, 5.41) is 2.65. The maximum absolute atomic E-state index is 5.49. The second-order valence-corrected chi connectivity index (χ2v) is 3.37. The number of furan rings is 1. The molecule has 0 unspecified atom stereocenters. The van der Waals surface area contributed by atoms with Crippen LogP contribution in [0.5, 0.6) is 0 Å². The molecular weight excluding hydrogens is 172 g/mol. The predicted octanol–water partition coefficient (Wildman–Crippen LogP) is 2.29. The number of hydrogen-bond acceptors (Lipinski definition) is 4. The van der Waals surface area contributed by atoms with Crippen molar-refractivity contribution in [1.29, 1.82) is 0 Å². The SMILES string of the molecule is Cc1ccoc1-c1nc(N)cs1. The second-order valence-electron chi connectivity index (χ2n) is 2.51. The third-order valence-corrected chi connectivity index (χ3v) is 2.44. The van der Waals surface area contributed by atoms with Gasteiger partial charge in [0.05, 0.1) is 6.26 Å². The molecule has 2 aromatic heterocycles. The summed E-state index contributed by atoms with van der Waals surface area (Å²) in [6.07, 6.45) is 1.66. The summed E-state index contributed by atoms with van der Waals surface area (Å²) in [6, 6.07) is 1.91. The standard InChI is InChI=1S/C8H8N2OS/c1-5-2-3-11-7(5)8-10-6(9)4-12-8/h2-4H,9H2,1H3. The van der Waals surface area contributed by atoms with Crippen molar-refractivity contribution in [2.75, 3.05) is 5.73 Å². The normalized spacial score (nSPS) is 10.4. The smallest absolute Gasteiger partial charge is 0.165 e. The van der Waals surface area contributed by atoms with Gasteiger partial charge in [0.1, 0.15) is 5.82 Å². The molecule has 0 fully saturated rings. The first-order chi connectivity index (χ1) is 5.77. The minimum absolute atomic E-state index is 0.547. The van der Waals surface area contributed by atoms with E-state index < -0.39 is 0 Å². The molecule has 2 N–H and O–H groups in total. The van der Waals surface area contributed by atoms with Gasteiger partial charge in [-0.3, -0.25) is 0 Å². The minimum atomic E-state index is 0.547. The maximum Gasteiger partial charge on any atom is 0.165 e. The van der Waals surface area contributed by atoms with Crippen LogP contribution < -0.4 is 5.73 Å². The van der Waals surface area contributed by atoms with Crippen molar-refractivity contribution in [1.82, 2.24) is 4.98 Å². The van der Waals surface area contributed by atoms with Crippen molar-refractivity contribution < 1.29 is 4.42 Å². The quantitative estimate of drug-likeness (QED) is 0.732. The predicted molar refractivity (Wildman–Crippen MR) is 49.0 cm³/mol. The van der Waals surface area contributed by atoms with E-state index in [4.69, 9.17) is 10.2 Å². The van der Waals surface area contributed by atoms with E-state index >= 15 is 0 Å². The Balaban J connectivity index is 2.50. The topological polar surface area (TPSA) is 52.0 Å². The fraction of sp³-hybridized carbons (Fsp3) is 0.125. The third-order valence-electron chi connectivity index (χ3n) is 1.58. The first-order valence-electron chi connectivity index (χ1n) is 3.53. The summed E-state index contributed by atoms with van der Waals surface area (Å²) in [6.45, 7) is 1.98.